The summed E-state index contributed by atoms with van der Waals surface area (Å²) in [7, 11) is 0.649. The van der Waals surface area contributed by atoms with E-state index in [1.165, 1.54) is 0 Å². The normalized spacial score (nSPS) is 9.71. The van der Waals surface area contributed by atoms with Gasteiger partial charge in [0.25, 0.3) is 0 Å². The smallest absolute Gasteiger partial charge is 0.537 e. The zero-order chi connectivity index (χ0) is 11.9. The van der Waals surface area contributed by atoms with E-state index in [-0.39, 0.29) is 0 Å². The molecule has 0 aliphatic rings. The van der Waals surface area contributed by atoms with E-state index in [2.05, 4.69) is 0 Å². The first-order chi connectivity index (χ1) is 8.38. The van der Waals surface area contributed by atoms with Crippen LogP contribution in [0.4, 0.5) is 0 Å². The highest BCUT2D eigenvalue weighted by Gasteiger charge is 1.99. The lowest BCUT2D eigenvalue weighted by Crippen LogP contribution is -2.00. The third-order valence-electron chi connectivity index (χ3n) is 2.24. The maximum atomic E-state index is 8.53. The van der Waals surface area contributed by atoms with Gasteiger partial charge in [-0.3, -0.25) is 0 Å². The van der Waals surface area contributed by atoms with Crippen LogP contribution in [0.25, 0.3) is 0 Å². The second kappa shape index (κ2) is 5.96. The molecule has 0 spiro atoms. The van der Waals surface area contributed by atoms with Gasteiger partial charge in [0.15, 0.2) is 0 Å². The summed E-state index contributed by atoms with van der Waals surface area (Å²) in [5.41, 5.74) is 1.10. The number of hydrogen-bond donors (Lipinski definition) is 1. The van der Waals surface area contributed by atoms with Gasteiger partial charge in [0, 0.05) is 6.07 Å². The van der Waals surface area contributed by atoms with Crippen molar-refractivity contribution in [1.82, 2.24) is 0 Å². The summed E-state index contributed by atoms with van der Waals surface area (Å²) >= 11 is 0. The van der Waals surface area contributed by atoms with Crippen molar-refractivity contribution in [1.29, 1.82) is 0 Å². The van der Waals surface area contributed by atoms with E-state index in [1.807, 2.05) is 36.4 Å². The summed E-state index contributed by atoms with van der Waals surface area (Å²) in [6.45, 7) is 0.507. The molecule has 0 saturated carbocycles. The van der Waals surface area contributed by atoms with Crippen molar-refractivity contribution in [3.63, 3.8) is 0 Å². The predicted molar refractivity (Wildman–Crippen MR) is 65.8 cm³/mol. The van der Waals surface area contributed by atoms with Crippen LogP contribution in [-0.4, -0.2) is 12.7 Å². The SMILES string of the molecule is O[B]Oc1cccc(OCc2ccccc2)c1. The van der Waals surface area contributed by atoms with E-state index in [0.29, 0.717) is 25.8 Å². The summed E-state index contributed by atoms with van der Waals surface area (Å²) in [5.74, 6) is 1.24. The molecular weight excluding hydrogens is 215 g/mol. The minimum Gasteiger partial charge on any atom is -0.537 e. The molecule has 0 heterocycles. The summed E-state index contributed by atoms with van der Waals surface area (Å²) in [6, 6.07) is 17.0. The van der Waals surface area contributed by atoms with Crippen LogP contribution in [-0.2, 0) is 6.61 Å². The highest BCUT2D eigenvalue weighted by Crippen LogP contribution is 2.19. The topological polar surface area (TPSA) is 38.7 Å². The molecule has 2 rings (SSSR count). The number of benzene rings is 2. The monoisotopic (exact) mass is 227 g/mol. The lowest BCUT2D eigenvalue weighted by molar-refractivity contribution is 0.305. The number of hydrogen-bond acceptors (Lipinski definition) is 3. The fourth-order valence-corrected chi connectivity index (χ4v) is 1.44. The van der Waals surface area contributed by atoms with Crippen LogP contribution in [0.15, 0.2) is 54.6 Å². The van der Waals surface area contributed by atoms with Crippen LogP contribution >= 0.6 is 0 Å². The van der Waals surface area contributed by atoms with Gasteiger partial charge in [0.05, 0.1) is 0 Å². The van der Waals surface area contributed by atoms with Gasteiger partial charge in [0.2, 0.25) is 0 Å². The maximum Gasteiger partial charge on any atom is 0.569 e. The minimum absolute atomic E-state index is 0.507. The Morgan fingerprint density at radius 2 is 1.71 bits per heavy atom. The molecule has 4 heteroatoms. The van der Waals surface area contributed by atoms with E-state index in [9.17, 15) is 0 Å². The molecule has 0 unspecified atom stereocenters. The molecule has 1 N–H and O–H groups in total. The summed E-state index contributed by atoms with van der Waals surface area (Å²) in [6.07, 6.45) is 0. The van der Waals surface area contributed by atoms with Crippen molar-refractivity contribution in [2.45, 2.75) is 6.61 Å². The van der Waals surface area contributed by atoms with Gasteiger partial charge in [-0.2, -0.15) is 0 Å². The third-order valence-corrected chi connectivity index (χ3v) is 2.24. The highest BCUT2D eigenvalue weighted by atomic mass is 16.5. The van der Waals surface area contributed by atoms with Gasteiger partial charge >= 0.3 is 7.69 Å². The fourth-order valence-electron chi connectivity index (χ4n) is 1.44. The number of rotatable bonds is 5. The zero-order valence-electron chi connectivity index (χ0n) is 9.24. The second-order valence-corrected chi connectivity index (χ2v) is 3.47. The summed E-state index contributed by atoms with van der Waals surface area (Å²) < 4.78 is 10.5. The lowest BCUT2D eigenvalue weighted by Gasteiger charge is -2.08. The van der Waals surface area contributed by atoms with Gasteiger partial charge in [0.1, 0.15) is 18.1 Å². The van der Waals surface area contributed by atoms with E-state index < -0.39 is 0 Å². The Bertz CT molecular complexity index is 459. The molecule has 2 aromatic carbocycles. The van der Waals surface area contributed by atoms with E-state index in [4.69, 9.17) is 14.4 Å². The van der Waals surface area contributed by atoms with Crippen LogP contribution in [0.2, 0.25) is 0 Å². The zero-order valence-corrected chi connectivity index (χ0v) is 9.24. The van der Waals surface area contributed by atoms with Crippen molar-refractivity contribution in [2.24, 2.45) is 0 Å². The van der Waals surface area contributed by atoms with Crippen LogP contribution in [0.5, 0.6) is 11.5 Å². The van der Waals surface area contributed by atoms with Gasteiger partial charge in [-0.15, -0.1) is 0 Å². The minimum atomic E-state index is 0.507. The first kappa shape index (κ1) is 11.5. The first-order valence-corrected chi connectivity index (χ1v) is 5.28. The standard InChI is InChI=1S/C13H12BO3/c15-14-17-13-8-4-7-12(9-13)16-10-11-5-2-1-3-6-11/h1-9,15H,10H2. The van der Waals surface area contributed by atoms with Crippen LogP contribution in [0.3, 0.4) is 0 Å². The summed E-state index contributed by atoms with van der Waals surface area (Å²) in [5, 5.41) is 8.53. The molecule has 85 valence electrons. The molecule has 0 aromatic heterocycles. The van der Waals surface area contributed by atoms with E-state index in [0.717, 1.165) is 5.56 Å². The Morgan fingerprint density at radius 1 is 0.941 bits per heavy atom. The average molecular weight is 227 g/mol. The fraction of sp³-hybridized carbons (Fsp3) is 0.0769. The molecule has 0 aliphatic heterocycles. The van der Waals surface area contributed by atoms with Crippen molar-refractivity contribution < 1.29 is 14.4 Å². The largest absolute Gasteiger partial charge is 0.569 e. The lowest BCUT2D eigenvalue weighted by atomic mass is 10.2. The Morgan fingerprint density at radius 3 is 2.47 bits per heavy atom. The molecule has 1 radical (unpaired) electrons. The molecule has 17 heavy (non-hydrogen) atoms. The quantitative estimate of drug-likeness (QED) is 0.795. The van der Waals surface area contributed by atoms with Crippen LogP contribution in [0.1, 0.15) is 5.56 Å². The molecule has 2 aromatic rings. The van der Waals surface area contributed by atoms with E-state index >= 15 is 0 Å². The maximum absolute atomic E-state index is 8.53. The van der Waals surface area contributed by atoms with Crippen LogP contribution in [0, 0.1) is 0 Å². The molecule has 0 atom stereocenters. The molecule has 0 fully saturated rings. The first-order valence-electron chi connectivity index (χ1n) is 5.28. The average Bonchev–Trinajstić information content (AvgIpc) is 2.39. The predicted octanol–water partition coefficient (Wildman–Crippen LogP) is 2.17. The molecule has 3 nitrogen and oxygen atoms in total. The molecule has 0 amide bonds. The third kappa shape index (κ3) is 3.54. The van der Waals surface area contributed by atoms with Gasteiger partial charge in [-0.1, -0.05) is 36.4 Å². The molecule has 0 bridgehead atoms. The summed E-state index contributed by atoms with van der Waals surface area (Å²) in [4.78, 5) is 0. The Balaban J connectivity index is 1.97. The van der Waals surface area contributed by atoms with Crippen molar-refractivity contribution >= 4 is 7.69 Å². The van der Waals surface area contributed by atoms with Crippen molar-refractivity contribution in [3.8, 4) is 11.5 Å². The molecule has 0 aliphatic carbocycles. The Labute approximate surface area is 101 Å². The van der Waals surface area contributed by atoms with Crippen LogP contribution < -0.4 is 9.39 Å². The molecular formula is C13H12BO3. The Hall–Kier alpha value is -1.94. The number of ether oxygens (including phenoxy) is 1. The van der Waals surface area contributed by atoms with E-state index in [1.54, 1.807) is 18.2 Å². The van der Waals surface area contributed by atoms with Crippen molar-refractivity contribution in [2.75, 3.05) is 0 Å². The highest BCUT2D eigenvalue weighted by molar-refractivity contribution is 6.17. The second-order valence-electron chi connectivity index (χ2n) is 3.47. The van der Waals surface area contributed by atoms with Gasteiger partial charge in [-0.05, 0) is 17.7 Å². The Kier molecular flexibility index (Phi) is 4.05. The molecule has 0 saturated heterocycles. The van der Waals surface area contributed by atoms with Gasteiger partial charge in [-0.25, -0.2) is 0 Å². The van der Waals surface area contributed by atoms with Gasteiger partial charge < -0.3 is 14.4 Å². The van der Waals surface area contributed by atoms with Crippen molar-refractivity contribution in [3.05, 3.63) is 60.2 Å².